The van der Waals surface area contributed by atoms with E-state index < -0.39 is 0 Å². The summed E-state index contributed by atoms with van der Waals surface area (Å²) < 4.78 is 2.37. The number of aryl methyl sites for hydroxylation is 1. The second-order valence-electron chi connectivity index (χ2n) is 8.20. The molecule has 164 valence electrons. The van der Waals surface area contributed by atoms with Crippen LogP contribution in [0.1, 0.15) is 39.0 Å². The maximum atomic E-state index is 3.36. The third-order valence-corrected chi connectivity index (χ3v) is 6.52. The molecule has 1 aliphatic rings. The zero-order valence-electron chi connectivity index (χ0n) is 19.6. The quantitative estimate of drug-likeness (QED) is 0.224. The van der Waals surface area contributed by atoms with Crippen molar-refractivity contribution in [1.82, 2.24) is 4.57 Å². The third-order valence-electron chi connectivity index (χ3n) is 6.52. The molecular formula is C28H29Cl2HfN. The smallest absolute Gasteiger partial charge is 1.00 e. The molecule has 1 aromatic heterocycles. The molecule has 0 fully saturated rings. The van der Waals surface area contributed by atoms with Crippen molar-refractivity contribution >= 4 is 21.7 Å². The fourth-order valence-corrected chi connectivity index (χ4v) is 4.29. The Kier molecular flexibility index (Phi) is 10.3. The van der Waals surface area contributed by atoms with Crippen LogP contribution in [0.4, 0.5) is 0 Å². The van der Waals surface area contributed by atoms with Crippen LogP contribution in [0.15, 0.2) is 77.4 Å². The Morgan fingerprint density at radius 3 is 2.06 bits per heavy atom. The average Bonchev–Trinajstić information content (AvgIpc) is 3.32. The Labute approximate surface area is 223 Å². The van der Waals surface area contributed by atoms with Crippen molar-refractivity contribution in [2.75, 3.05) is 0 Å². The van der Waals surface area contributed by atoms with Gasteiger partial charge in [-0.15, -0.1) is 48.0 Å². The first-order valence-electron chi connectivity index (χ1n) is 10.4. The van der Waals surface area contributed by atoms with Gasteiger partial charge in [-0.1, -0.05) is 51.0 Å². The molecule has 0 radical (unpaired) electrons. The molecule has 4 aromatic rings. The zero-order chi connectivity index (χ0) is 20.7. The molecule has 0 bridgehead atoms. The van der Waals surface area contributed by atoms with Crippen molar-refractivity contribution in [3.63, 3.8) is 0 Å². The van der Waals surface area contributed by atoms with Crippen LogP contribution in [0.5, 0.6) is 0 Å². The van der Waals surface area contributed by atoms with Crippen LogP contribution in [-0.2, 0) is 25.8 Å². The molecule has 0 saturated heterocycles. The predicted molar refractivity (Wildman–Crippen MR) is 126 cm³/mol. The van der Waals surface area contributed by atoms with Crippen LogP contribution < -0.4 is 24.8 Å². The van der Waals surface area contributed by atoms with Gasteiger partial charge in [0.25, 0.3) is 0 Å². The first-order chi connectivity index (χ1) is 13.9. The van der Waals surface area contributed by atoms with E-state index in [1.807, 2.05) is 0 Å². The van der Waals surface area contributed by atoms with Crippen LogP contribution in [0.3, 0.4) is 0 Å². The van der Waals surface area contributed by atoms with Gasteiger partial charge in [-0.25, -0.2) is 5.57 Å². The maximum Gasteiger partial charge on any atom is 4.00 e. The predicted octanol–water partition coefficient (Wildman–Crippen LogP) is 1.85. The SMILES string of the molecule is CC1=[C-]C(C)C(C)=C1C.Cc1c(C)n(-c2cc3ccccc3[cH-]2)c2ccccc12.[Cl-].[Cl-].[Hf+4]. The number of nitrogens with zero attached hydrogens (tertiary/aromatic N) is 1. The Bertz CT molecular complexity index is 1240. The molecule has 1 aliphatic carbocycles. The molecule has 0 N–H and O–H groups in total. The van der Waals surface area contributed by atoms with Crippen molar-refractivity contribution in [2.24, 2.45) is 5.92 Å². The van der Waals surface area contributed by atoms with Crippen LogP contribution in [0.25, 0.3) is 27.4 Å². The maximum absolute atomic E-state index is 3.36. The minimum absolute atomic E-state index is 0. The number of para-hydroxylation sites is 1. The number of benzene rings is 2. The van der Waals surface area contributed by atoms with E-state index in [0.717, 1.165) is 0 Å². The van der Waals surface area contributed by atoms with E-state index in [1.54, 1.807) is 0 Å². The Morgan fingerprint density at radius 2 is 1.50 bits per heavy atom. The van der Waals surface area contributed by atoms with E-state index in [-0.39, 0.29) is 50.7 Å². The van der Waals surface area contributed by atoms with Gasteiger partial charge in [0.05, 0.1) is 5.52 Å². The summed E-state index contributed by atoms with van der Waals surface area (Å²) in [5.74, 6) is 0.560. The minimum Gasteiger partial charge on any atom is -1.00 e. The standard InChI is InChI=1S/C19H16N.C9H13.2ClH.Hf/c1-13-14(2)20(19-10-6-5-9-18(13)19)17-11-15-7-3-4-8-16(15)12-17;1-6-5-7(2)9(4)8(6)3;;;/h3-12H,1-2H3;6H,1-4H3;2*1H;/q2*-1;;;+4/p-2. The summed E-state index contributed by atoms with van der Waals surface area (Å²) in [4.78, 5) is 0. The van der Waals surface area contributed by atoms with Gasteiger partial charge < -0.3 is 29.4 Å². The molecule has 0 amide bonds. The van der Waals surface area contributed by atoms with E-state index in [0.29, 0.717) is 5.92 Å². The number of hydrogen-bond acceptors (Lipinski definition) is 0. The van der Waals surface area contributed by atoms with Crippen molar-refractivity contribution in [1.29, 1.82) is 0 Å². The van der Waals surface area contributed by atoms with Crippen LogP contribution in [0, 0.1) is 25.8 Å². The molecule has 32 heavy (non-hydrogen) atoms. The molecule has 1 atom stereocenters. The van der Waals surface area contributed by atoms with Crippen LogP contribution >= 0.6 is 0 Å². The molecule has 1 nitrogen and oxygen atoms in total. The molecule has 1 heterocycles. The third kappa shape index (κ3) is 5.19. The summed E-state index contributed by atoms with van der Waals surface area (Å²) in [6.45, 7) is 13.1. The monoisotopic (exact) mass is 629 g/mol. The molecule has 3 aromatic carbocycles. The van der Waals surface area contributed by atoms with Gasteiger partial charge in [-0.3, -0.25) is 6.08 Å². The van der Waals surface area contributed by atoms with Crippen LogP contribution in [0.2, 0.25) is 0 Å². The first kappa shape index (κ1) is 28.6. The minimum atomic E-state index is 0. The molecule has 0 spiro atoms. The fourth-order valence-electron chi connectivity index (χ4n) is 4.29. The number of hydrogen-bond donors (Lipinski definition) is 0. The summed E-state index contributed by atoms with van der Waals surface area (Å²) in [5.41, 5.74) is 9.48. The van der Waals surface area contributed by atoms with Gasteiger partial charge in [0.1, 0.15) is 0 Å². The Hall–Kier alpha value is -1.48. The van der Waals surface area contributed by atoms with Gasteiger partial charge >= 0.3 is 25.8 Å². The largest absolute Gasteiger partial charge is 4.00 e. The second kappa shape index (κ2) is 11.6. The molecule has 0 saturated carbocycles. The Balaban J connectivity index is 0.000000369. The van der Waals surface area contributed by atoms with E-state index in [2.05, 4.69) is 113 Å². The average molecular weight is 629 g/mol. The normalized spacial score (nSPS) is 14.8. The number of halogens is 2. The Morgan fingerprint density at radius 1 is 0.875 bits per heavy atom. The second-order valence-corrected chi connectivity index (χ2v) is 8.20. The van der Waals surface area contributed by atoms with E-state index in [4.69, 9.17) is 0 Å². The molecule has 1 unspecified atom stereocenters. The van der Waals surface area contributed by atoms with Gasteiger partial charge in [0, 0.05) is 11.1 Å². The number of aromatic nitrogens is 1. The number of allylic oxidation sites excluding steroid dienone is 4. The summed E-state index contributed by atoms with van der Waals surface area (Å²) in [5, 5.41) is 3.95. The van der Waals surface area contributed by atoms with E-state index >= 15 is 0 Å². The van der Waals surface area contributed by atoms with Crippen molar-refractivity contribution in [2.45, 2.75) is 41.5 Å². The molecule has 4 heteroatoms. The van der Waals surface area contributed by atoms with Crippen molar-refractivity contribution in [3.05, 3.63) is 94.7 Å². The summed E-state index contributed by atoms with van der Waals surface area (Å²) in [6.07, 6.45) is 3.36. The first-order valence-corrected chi connectivity index (χ1v) is 10.4. The van der Waals surface area contributed by atoms with Gasteiger partial charge in [-0.2, -0.15) is 11.1 Å². The zero-order valence-corrected chi connectivity index (χ0v) is 24.7. The molecule has 0 aliphatic heterocycles. The van der Waals surface area contributed by atoms with Gasteiger partial charge in [0.15, 0.2) is 0 Å². The summed E-state index contributed by atoms with van der Waals surface area (Å²) in [7, 11) is 0. The van der Waals surface area contributed by atoms with E-state index in [1.165, 1.54) is 55.3 Å². The summed E-state index contributed by atoms with van der Waals surface area (Å²) >= 11 is 0. The number of rotatable bonds is 1. The van der Waals surface area contributed by atoms with Crippen molar-refractivity contribution in [3.8, 4) is 5.69 Å². The molecular weight excluding hydrogens is 600 g/mol. The molecule has 5 rings (SSSR count). The number of fused-ring (bicyclic) bond motifs is 2. The van der Waals surface area contributed by atoms with E-state index in [9.17, 15) is 0 Å². The van der Waals surface area contributed by atoms with Gasteiger partial charge in [0.2, 0.25) is 0 Å². The van der Waals surface area contributed by atoms with Crippen LogP contribution in [-0.4, -0.2) is 4.57 Å². The van der Waals surface area contributed by atoms with Gasteiger partial charge in [-0.05, 0) is 31.2 Å². The topological polar surface area (TPSA) is 4.93 Å². The van der Waals surface area contributed by atoms with Crippen molar-refractivity contribution < 1.29 is 50.7 Å². The summed E-state index contributed by atoms with van der Waals surface area (Å²) in [6, 6.07) is 21.7. The fraction of sp³-hybridized carbons (Fsp3) is 0.250.